The molecule has 4 heteroatoms. The van der Waals surface area contributed by atoms with E-state index >= 15 is 0 Å². The summed E-state index contributed by atoms with van der Waals surface area (Å²) < 4.78 is 2.69. The van der Waals surface area contributed by atoms with E-state index in [0.29, 0.717) is 5.88 Å². The first-order chi connectivity index (χ1) is 3.70. The SMILES string of the molecule is Oc1cc(I)cn1I. The smallest absolute Gasteiger partial charge is 0.201 e. The molecule has 0 radical (unpaired) electrons. The first-order valence-electron chi connectivity index (χ1n) is 1.93. The summed E-state index contributed by atoms with van der Waals surface area (Å²) in [7, 11) is 0. The number of hydrogen-bond donors (Lipinski definition) is 1. The number of hydrogen-bond acceptors (Lipinski definition) is 1. The van der Waals surface area contributed by atoms with Crippen molar-refractivity contribution in [1.82, 2.24) is 2.78 Å². The van der Waals surface area contributed by atoms with Crippen molar-refractivity contribution in [3.63, 3.8) is 0 Å². The van der Waals surface area contributed by atoms with Gasteiger partial charge in [0.2, 0.25) is 5.88 Å². The Hall–Kier alpha value is 0.540. The number of halogens is 2. The molecule has 0 aliphatic rings. The van der Waals surface area contributed by atoms with Crippen LogP contribution in [0.5, 0.6) is 5.88 Å². The minimum absolute atomic E-state index is 0.301. The Balaban J connectivity index is 3.14. The Kier molecular flexibility index (Phi) is 2.02. The quantitative estimate of drug-likeness (QED) is 0.721. The maximum Gasteiger partial charge on any atom is 0.201 e. The number of rotatable bonds is 0. The molecule has 44 valence electrons. The summed E-state index contributed by atoms with van der Waals surface area (Å²) in [6.45, 7) is 0. The molecular weight excluding hydrogens is 332 g/mol. The van der Waals surface area contributed by atoms with Gasteiger partial charge < -0.3 is 5.11 Å². The van der Waals surface area contributed by atoms with E-state index in [2.05, 4.69) is 22.6 Å². The van der Waals surface area contributed by atoms with E-state index < -0.39 is 0 Å². The molecule has 0 fully saturated rings. The Morgan fingerprint density at radius 3 is 2.38 bits per heavy atom. The molecule has 0 aliphatic heterocycles. The van der Waals surface area contributed by atoms with Crippen LogP contribution < -0.4 is 0 Å². The van der Waals surface area contributed by atoms with Crippen LogP contribution in [0.1, 0.15) is 0 Å². The molecule has 2 nitrogen and oxygen atoms in total. The highest BCUT2D eigenvalue weighted by molar-refractivity contribution is 14.1. The summed E-state index contributed by atoms with van der Waals surface area (Å²) in [4.78, 5) is 0. The Morgan fingerprint density at radius 2 is 2.25 bits per heavy atom. The van der Waals surface area contributed by atoms with Gasteiger partial charge in [0.15, 0.2) is 0 Å². The van der Waals surface area contributed by atoms with Crippen molar-refractivity contribution in [3.05, 3.63) is 15.8 Å². The Morgan fingerprint density at radius 1 is 1.62 bits per heavy atom. The Labute approximate surface area is 74.5 Å². The average Bonchev–Trinajstić information content (AvgIpc) is 1.85. The molecule has 0 aromatic carbocycles. The maximum atomic E-state index is 8.89. The van der Waals surface area contributed by atoms with Crippen LogP contribution in [0.3, 0.4) is 0 Å². The highest BCUT2D eigenvalue weighted by Crippen LogP contribution is 2.18. The molecule has 0 saturated carbocycles. The third-order valence-corrected chi connectivity index (χ3v) is 2.09. The van der Waals surface area contributed by atoms with Gasteiger partial charge in [-0.3, -0.25) is 2.78 Å². The molecule has 1 aromatic heterocycles. The van der Waals surface area contributed by atoms with Gasteiger partial charge in [0.25, 0.3) is 0 Å². The molecule has 0 atom stereocenters. The first-order valence-corrected chi connectivity index (χ1v) is 3.97. The van der Waals surface area contributed by atoms with E-state index in [4.69, 9.17) is 5.11 Å². The van der Waals surface area contributed by atoms with Crippen LogP contribution in [0.4, 0.5) is 0 Å². The van der Waals surface area contributed by atoms with Crippen LogP contribution in [0, 0.1) is 3.57 Å². The van der Waals surface area contributed by atoms with Crippen LogP contribution in [0.15, 0.2) is 12.3 Å². The predicted octanol–water partition coefficient (Wildman–Crippen LogP) is 2.00. The second kappa shape index (κ2) is 2.42. The zero-order valence-corrected chi connectivity index (χ0v) is 8.12. The predicted molar refractivity (Wildman–Crippen MR) is 48.2 cm³/mol. The van der Waals surface area contributed by atoms with Crippen molar-refractivity contribution in [1.29, 1.82) is 0 Å². The number of aromatic hydroxyl groups is 1. The second-order valence-electron chi connectivity index (χ2n) is 1.33. The summed E-state index contributed by atoms with van der Waals surface area (Å²) in [5, 5.41) is 8.89. The van der Waals surface area contributed by atoms with E-state index in [9.17, 15) is 0 Å². The summed E-state index contributed by atoms with van der Waals surface area (Å²) in [5.74, 6) is 0.301. The minimum Gasteiger partial charge on any atom is -0.494 e. The second-order valence-corrected chi connectivity index (χ2v) is 3.61. The largest absolute Gasteiger partial charge is 0.494 e. The van der Waals surface area contributed by atoms with Gasteiger partial charge in [0, 0.05) is 15.8 Å². The van der Waals surface area contributed by atoms with Crippen LogP contribution in [0.25, 0.3) is 0 Å². The molecule has 1 rings (SSSR count). The summed E-state index contributed by atoms with van der Waals surface area (Å²) in [6, 6.07) is 1.70. The monoisotopic (exact) mass is 335 g/mol. The highest BCUT2D eigenvalue weighted by atomic mass is 127. The van der Waals surface area contributed by atoms with Gasteiger partial charge in [-0.25, -0.2) is 0 Å². The molecule has 0 spiro atoms. The lowest BCUT2D eigenvalue weighted by Crippen LogP contribution is -1.68. The van der Waals surface area contributed by atoms with Gasteiger partial charge in [-0.15, -0.1) is 0 Å². The van der Waals surface area contributed by atoms with Crippen molar-refractivity contribution < 1.29 is 5.11 Å². The lowest BCUT2D eigenvalue weighted by Gasteiger charge is -1.84. The van der Waals surface area contributed by atoms with Crippen molar-refractivity contribution in [2.45, 2.75) is 0 Å². The van der Waals surface area contributed by atoms with Crippen LogP contribution in [-0.2, 0) is 0 Å². The standard InChI is InChI=1S/C4H3I2NO/c5-3-1-4(8)7(6)2-3/h1-2,8H. The number of nitrogens with zero attached hydrogens (tertiary/aromatic N) is 1. The minimum atomic E-state index is 0.301. The summed E-state index contributed by atoms with van der Waals surface area (Å²) in [5.41, 5.74) is 0. The van der Waals surface area contributed by atoms with Crippen molar-refractivity contribution in [2.75, 3.05) is 0 Å². The van der Waals surface area contributed by atoms with Crippen LogP contribution in [-0.4, -0.2) is 7.89 Å². The van der Waals surface area contributed by atoms with Crippen LogP contribution >= 0.6 is 45.5 Å². The molecule has 1 aromatic rings. The van der Waals surface area contributed by atoms with Crippen molar-refractivity contribution in [2.24, 2.45) is 0 Å². The van der Waals surface area contributed by atoms with Gasteiger partial charge >= 0.3 is 0 Å². The molecule has 1 heterocycles. The van der Waals surface area contributed by atoms with Gasteiger partial charge in [-0.05, 0) is 22.6 Å². The van der Waals surface area contributed by atoms with E-state index in [0.717, 1.165) is 3.57 Å². The highest BCUT2D eigenvalue weighted by Gasteiger charge is 1.95. The molecule has 0 amide bonds. The molecule has 0 unspecified atom stereocenters. The first kappa shape index (κ1) is 6.66. The summed E-state index contributed by atoms with van der Waals surface area (Å²) in [6.07, 6.45) is 1.84. The fraction of sp³-hybridized carbons (Fsp3) is 0. The van der Waals surface area contributed by atoms with Gasteiger partial charge in [0.05, 0.1) is 22.9 Å². The van der Waals surface area contributed by atoms with Gasteiger partial charge in [-0.1, -0.05) is 0 Å². The number of aromatic nitrogens is 1. The molecule has 0 aliphatic carbocycles. The molecular formula is C4H3I2NO. The molecule has 0 saturated heterocycles. The third-order valence-electron chi connectivity index (χ3n) is 0.723. The van der Waals surface area contributed by atoms with Crippen molar-refractivity contribution in [3.8, 4) is 5.88 Å². The lowest BCUT2D eigenvalue weighted by molar-refractivity contribution is 0.454. The van der Waals surface area contributed by atoms with E-state index in [1.165, 1.54) is 0 Å². The molecule has 0 bridgehead atoms. The normalized spacial score (nSPS) is 9.75. The lowest BCUT2D eigenvalue weighted by atomic mass is 10.7. The zero-order chi connectivity index (χ0) is 6.15. The van der Waals surface area contributed by atoms with Crippen LogP contribution in [0.2, 0.25) is 0 Å². The van der Waals surface area contributed by atoms with Crippen molar-refractivity contribution >= 4 is 45.5 Å². The average molecular weight is 335 g/mol. The van der Waals surface area contributed by atoms with Gasteiger partial charge in [-0.2, -0.15) is 0 Å². The fourth-order valence-electron chi connectivity index (χ4n) is 0.397. The maximum absolute atomic E-state index is 8.89. The summed E-state index contributed by atoms with van der Waals surface area (Å²) >= 11 is 4.15. The third kappa shape index (κ3) is 1.28. The van der Waals surface area contributed by atoms with E-state index in [1.807, 2.05) is 29.1 Å². The fourth-order valence-corrected chi connectivity index (χ4v) is 1.93. The Bertz CT molecular complexity index is 176. The molecule has 8 heavy (non-hydrogen) atoms. The van der Waals surface area contributed by atoms with Gasteiger partial charge in [0.1, 0.15) is 0 Å². The van der Waals surface area contributed by atoms with E-state index in [1.54, 1.807) is 8.85 Å². The molecule has 1 N–H and O–H groups in total. The van der Waals surface area contributed by atoms with E-state index in [-0.39, 0.29) is 0 Å². The zero-order valence-electron chi connectivity index (χ0n) is 3.81. The topological polar surface area (TPSA) is 25.2 Å².